The first-order valence-corrected chi connectivity index (χ1v) is 2.47. The zero-order valence-corrected chi connectivity index (χ0v) is 4.55. The first-order valence-electron chi connectivity index (χ1n) is 2.47. The quantitative estimate of drug-likeness (QED) is 0.472. The third-order valence-electron chi connectivity index (χ3n) is 0.477. The molecule has 1 saturated carbocycles. The van der Waals surface area contributed by atoms with Crippen LogP contribution in [0.3, 0.4) is 0 Å². The summed E-state index contributed by atoms with van der Waals surface area (Å²) in [7, 11) is 0. The van der Waals surface area contributed by atoms with Gasteiger partial charge in [0, 0.05) is 5.92 Å². The summed E-state index contributed by atoms with van der Waals surface area (Å²) in [4.78, 5) is 9.13. The summed E-state index contributed by atoms with van der Waals surface area (Å²) in [6.45, 7) is 0. The van der Waals surface area contributed by atoms with Crippen LogP contribution in [0.25, 0.3) is 0 Å². The van der Waals surface area contributed by atoms with Crippen LogP contribution in [-0.4, -0.2) is 11.1 Å². The zero-order valence-electron chi connectivity index (χ0n) is 4.55. The molecule has 1 rings (SSSR count). The van der Waals surface area contributed by atoms with Crippen LogP contribution in [0.5, 0.6) is 0 Å². The topological polar surface area (TPSA) is 37.3 Å². The molecule has 0 atom stereocenters. The van der Waals surface area contributed by atoms with Gasteiger partial charge in [-0.25, -0.2) is 4.79 Å². The van der Waals surface area contributed by atoms with Gasteiger partial charge in [-0.05, 0) is 0 Å². The highest BCUT2D eigenvalue weighted by atomic mass is 16.4. The predicted molar refractivity (Wildman–Crippen MR) is 30.3 cm³/mol. The molecule has 0 saturated heterocycles. The fourth-order valence-corrected chi connectivity index (χ4v) is 0. The standard InChI is InChI=1S/C3H2O2.C3H6/c1-2-3(4)5;1-2-3-1/h1H,(H,4,5);1-3H2. The number of carbonyl (C=O) groups is 1. The molecule has 0 radical (unpaired) electrons. The van der Waals surface area contributed by atoms with E-state index >= 15 is 0 Å². The molecule has 0 aromatic carbocycles. The van der Waals surface area contributed by atoms with E-state index in [9.17, 15) is 0 Å². The Morgan fingerprint density at radius 1 is 1.50 bits per heavy atom. The summed E-state index contributed by atoms with van der Waals surface area (Å²) < 4.78 is 0. The van der Waals surface area contributed by atoms with Crippen molar-refractivity contribution in [2.75, 3.05) is 0 Å². The second kappa shape index (κ2) is 4.20. The molecule has 0 heterocycles. The number of aliphatic carboxylic acids is 1. The van der Waals surface area contributed by atoms with Crippen LogP contribution in [0.4, 0.5) is 0 Å². The van der Waals surface area contributed by atoms with Crippen molar-refractivity contribution in [3.8, 4) is 12.3 Å². The summed E-state index contributed by atoms with van der Waals surface area (Å²) >= 11 is 0. The van der Waals surface area contributed by atoms with Gasteiger partial charge in [0.1, 0.15) is 0 Å². The van der Waals surface area contributed by atoms with Crippen molar-refractivity contribution >= 4 is 5.97 Å². The Morgan fingerprint density at radius 2 is 1.75 bits per heavy atom. The van der Waals surface area contributed by atoms with Crippen molar-refractivity contribution in [2.45, 2.75) is 19.3 Å². The molecule has 0 spiro atoms. The molecule has 0 aliphatic heterocycles. The monoisotopic (exact) mass is 112 g/mol. The Kier molecular flexibility index (Phi) is 3.69. The van der Waals surface area contributed by atoms with E-state index in [-0.39, 0.29) is 0 Å². The minimum absolute atomic E-state index is 1.22. The zero-order chi connectivity index (χ0) is 6.41. The van der Waals surface area contributed by atoms with Crippen molar-refractivity contribution in [3.05, 3.63) is 0 Å². The molecule has 1 aliphatic rings. The van der Waals surface area contributed by atoms with Crippen LogP contribution < -0.4 is 0 Å². The first-order chi connectivity index (χ1) is 3.77. The number of terminal acetylenes is 1. The van der Waals surface area contributed by atoms with Gasteiger partial charge >= 0.3 is 5.97 Å². The van der Waals surface area contributed by atoms with E-state index in [2.05, 4.69) is 6.42 Å². The summed E-state index contributed by atoms with van der Waals surface area (Å²) in [6, 6.07) is 0. The van der Waals surface area contributed by atoms with Crippen LogP contribution >= 0.6 is 0 Å². The highest BCUT2D eigenvalue weighted by Crippen LogP contribution is 2.14. The van der Waals surface area contributed by atoms with Crippen molar-refractivity contribution in [1.29, 1.82) is 0 Å². The predicted octanol–water partition coefficient (Wildman–Crippen LogP) is 0.875. The molecule has 2 heteroatoms. The molecule has 0 amide bonds. The van der Waals surface area contributed by atoms with Crippen LogP contribution in [-0.2, 0) is 4.79 Å². The lowest BCUT2D eigenvalue weighted by Crippen LogP contribution is -1.83. The number of carboxylic acids is 1. The Bertz CT molecular complexity index is 105. The SMILES string of the molecule is C#CC(=O)O.C1CC1. The Hall–Kier alpha value is -0.970. The molecular weight excluding hydrogens is 104 g/mol. The molecular formula is C6H8O2. The van der Waals surface area contributed by atoms with E-state index in [1.807, 2.05) is 0 Å². The average molecular weight is 112 g/mol. The van der Waals surface area contributed by atoms with Gasteiger partial charge in [-0.3, -0.25) is 0 Å². The Labute approximate surface area is 48.5 Å². The number of hydrogen-bond donors (Lipinski definition) is 1. The summed E-state index contributed by atoms with van der Waals surface area (Å²) in [5.74, 6) is 0.227. The van der Waals surface area contributed by atoms with Crippen LogP contribution in [0.1, 0.15) is 19.3 Å². The minimum Gasteiger partial charge on any atom is -0.472 e. The van der Waals surface area contributed by atoms with Gasteiger partial charge < -0.3 is 5.11 Å². The van der Waals surface area contributed by atoms with Crippen LogP contribution in [0.15, 0.2) is 0 Å². The molecule has 0 bridgehead atoms. The average Bonchev–Trinajstić information content (AvgIpc) is 2.48. The first kappa shape index (κ1) is 7.03. The maximum Gasteiger partial charge on any atom is 0.381 e. The summed E-state index contributed by atoms with van der Waals surface area (Å²) in [6.07, 6.45) is 8.82. The normalized spacial score (nSPS) is 12.4. The van der Waals surface area contributed by atoms with Gasteiger partial charge in [-0.1, -0.05) is 19.3 Å². The Balaban J connectivity index is 0.000000135. The number of hydrogen-bond acceptors (Lipinski definition) is 1. The maximum atomic E-state index is 9.13. The fourth-order valence-electron chi connectivity index (χ4n) is 0. The van der Waals surface area contributed by atoms with E-state index < -0.39 is 5.97 Å². The molecule has 1 fully saturated rings. The molecule has 2 nitrogen and oxygen atoms in total. The molecule has 0 aromatic heterocycles. The van der Waals surface area contributed by atoms with E-state index in [1.54, 1.807) is 0 Å². The molecule has 1 aliphatic carbocycles. The third kappa shape index (κ3) is 19.8. The van der Waals surface area contributed by atoms with Gasteiger partial charge in [0.2, 0.25) is 0 Å². The van der Waals surface area contributed by atoms with Crippen molar-refractivity contribution in [2.24, 2.45) is 0 Å². The summed E-state index contributed by atoms with van der Waals surface area (Å²) in [5.41, 5.74) is 0. The number of carboxylic acid groups (broad SMARTS) is 1. The van der Waals surface area contributed by atoms with Crippen LogP contribution in [0.2, 0.25) is 0 Å². The van der Waals surface area contributed by atoms with Gasteiger partial charge in [0.25, 0.3) is 0 Å². The van der Waals surface area contributed by atoms with E-state index in [1.165, 1.54) is 25.2 Å². The lowest BCUT2D eigenvalue weighted by atomic mass is 10.7. The minimum atomic E-state index is -1.22. The van der Waals surface area contributed by atoms with Crippen LogP contribution in [0, 0.1) is 12.3 Å². The molecule has 8 heavy (non-hydrogen) atoms. The second-order valence-electron chi connectivity index (χ2n) is 1.51. The molecule has 1 N–H and O–H groups in total. The van der Waals surface area contributed by atoms with E-state index in [0.717, 1.165) is 0 Å². The van der Waals surface area contributed by atoms with Gasteiger partial charge in [0.05, 0.1) is 0 Å². The molecule has 0 aromatic rings. The van der Waals surface area contributed by atoms with E-state index in [0.29, 0.717) is 0 Å². The van der Waals surface area contributed by atoms with Gasteiger partial charge in [-0.15, -0.1) is 6.42 Å². The number of rotatable bonds is 0. The van der Waals surface area contributed by atoms with Gasteiger partial charge in [0.15, 0.2) is 0 Å². The maximum absolute atomic E-state index is 9.13. The fraction of sp³-hybridized carbons (Fsp3) is 0.500. The van der Waals surface area contributed by atoms with Gasteiger partial charge in [-0.2, -0.15) is 0 Å². The van der Waals surface area contributed by atoms with Crippen molar-refractivity contribution < 1.29 is 9.90 Å². The molecule has 44 valence electrons. The smallest absolute Gasteiger partial charge is 0.381 e. The molecule has 0 unspecified atom stereocenters. The lowest BCUT2D eigenvalue weighted by molar-refractivity contribution is -0.130. The van der Waals surface area contributed by atoms with E-state index in [4.69, 9.17) is 9.90 Å². The van der Waals surface area contributed by atoms with Crippen molar-refractivity contribution in [1.82, 2.24) is 0 Å². The lowest BCUT2D eigenvalue weighted by Gasteiger charge is -1.60. The second-order valence-corrected chi connectivity index (χ2v) is 1.51. The summed E-state index contributed by atoms with van der Waals surface area (Å²) in [5, 5.41) is 7.49. The van der Waals surface area contributed by atoms with Crippen molar-refractivity contribution in [3.63, 3.8) is 0 Å². The largest absolute Gasteiger partial charge is 0.472 e. The third-order valence-corrected chi connectivity index (χ3v) is 0.477. The Morgan fingerprint density at radius 3 is 1.75 bits per heavy atom. The highest BCUT2D eigenvalue weighted by molar-refractivity contribution is 5.85. The highest BCUT2D eigenvalue weighted by Gasteiger charge is 1.95.